The van der Waals surface area contributed by atoms with Crippen molar-refractivity contribution in [2.75, 3.05) is 0 Å². The van der Waals surface area contributed by atoms with E-state index in [1.807, 2.05) is 0 Å². The smallest absolute Gasteiger partial charge is 0.265 e. The molecule has 1 aromatic rings. The molecule has 0 amide bonds. The van der Waals surface area contributed by atoms with E-state index in [4.69, 9.17) is 33.9 Å². The molecule has 1 rings (SSSR count). The fraction of sp³-hybridized carbons (Fsp3) is 0. The lowest BCUT2D eigenvalue weighted by Crippen LogP contribution is -2.03. The van der Waals surface area contributed by atoms with Crippen molar-refractivity contribution in [3.05, 3.63) is 28.5 Å². The van der Waals surface area contributed by atoms with Gasteiger partial charge in [-0.15, -0.1) is 0 Å². The van der Waals surface area contributed by atoms with Crippen LogP contribution in [0.25, 0.3) is 0 Å². The van der Waals surface area contributed by atoms with Crippen LogP contribution >= 0.6 is 33.9 Å². The Morgan fingerprint density at radius 2 is 1.87 bits per heavy atom. The summed E-state index contributed by atoms with van der Waals surface area (Å²) in [5, 5.41) is -1.55. The highest BCUT2D eigenvalue weighted by molar-refractivity contribution is 8.13. The highest BCUT2D eigenvalue weighted by Gasteiger charge is 2.24. The van der Waals surface area contributed by atoms with Crippen LogP contribution in [0.3, 0.4) is 0 Å². The molecule has 0 N–H and O–H groups in total. The summed E-state index contributed by atoms with van der Waals surface area (Å²) in [6, 6.07) is 1.99. The maximum absolute atomic E-state index is 13.4. The molecule has 0 atom stereocenters. The van der Waals surface area contributed by atoms with Gasteiger partial charge in [-0.05, 0) is 23.7 Å². The van der Waals surface area contributed by atoms with Crippen LogP contribution < -0.4 is 0 Å². The van der Waals surface area contributed by atoms with Crippen molar-refractivity contribution in [1.82, 2.24) is 0 Å². The summed E-state index contributed by atoms with van der Waals surface area (Å²) < 4.78 is 35.3. The van der Waals surface area contributed by atoms with Crippen LogP contribution in [0, 0.1) is 5.82 Å². The molecule has 0 aliphatic carbocycles. The van der Waals surface area contributed by atoms with Gasteiger partial charge in [0.1, 0.15) is 4.90 Å². The molecule has 15 heavy (non-hydrogen) atoms. The van der Waals surface area contributed by atoms with Crippen LogP contribution in [0.1, 0.15) is 10.4 Å². The van der Waals surface area contributed by atoms with Crippen molar-refractivity contribution in [2.45, 2.75) is 4.90 Å². The molecule has 0 heterocycles. The molecule has 1 aromatic carbocycles. The van der Waals surface area contributed by atoms with Crippen molar-refractivity contribution in [3.8, 4) is 0 Å². The van der Waals surface area contributed by atoms with E-state index in [0.717, 1.165) is 12.1 Å². The van der Waals surface area contributed by atoms with Gasteiger partial charge in [-0.2, -0.15) is 0 Å². The molecule has 0 radical (unpaired) electrons. The first kappa shape index (κ1) is 12.7. The largest absolute Gasteiger partial charge is 0.275 e. The zero-order chi connectivity index (χ0) is 11.8. The number of carbonyl (C=O) groups excluding carboxylic acids is 1. The Bertz CT molecular complexity index is 527. The summed E-state index contributed by atoms with van der Waals surface area (Å²) in [5.74, 6) is -1.35. The van der Waals surface area contributed by atoms with Crippen LogP contribution in [-0.4, -0.2) is 13.7 Å². The van der Waals surface area contributed by atoms with Crippen molar-refractivity contribution < 1.29 is 17.6 Å². The minimum atomic E-state index is -4.37. The van der Waals surface area contributed by atoms with Crippen molar-refractivity contribution in [2.24, 2.45) is 0 Å². The molecule has 8 heteroatoms. The number of halogens is 4. The summed E-state index contributed by atoms with van der Waals surface area (Å²) in [5.41, 5.74) is -0.597. The molecule has 0 aromatic heterocycles. The van der Waals surface area contributed by atoms with Gasteiger partial charge >= 0.3 is 0 Å². The third kappa shape index (κ3) is 2.60. The van der Waals surface area contributed by atoms with Crippen LogP contribution in [0.5, 0.6) is 0 Å². The monoisotopic (exact) mass is 290 g/mol. The first-order valence-electron chi connectivity index (χ1n) is 3.37. The van der Waals surface area contributed by atoms with Gasteiger partial charge in [-0.1, -0.05) is 11.6 Å². The predicted octanol–water partition coefficient (Wildman–Crippen LogP) is 2.79. The molecule has 0 bridgehead atoms. The highest BCUT2D eigenvalue weighted by Crippen LogP contribution is 2.30. The van der Waals surface area contributed by atoms with Crippen LogP contribution in [-0.2, 0) is 9.05 Å². The Labute approximate surface area is 99.2 Å². The quantitative estimate of drug-likeness (QED) is 0.787. The van der Waals surface area contributed by atoms with Gasteiger partial charge in [0.2, 0.25) is 0 Å². The zero-order valence-corrected chi connectivity index (χ0v) is 9.88. The SMILES string of the molecule is O=C(Cl)c1ccc(Cl)c(S(=O)(=O)Cl)c1F. The van der Waals surface area contributed by atoms with E-state index >= 15 is 0 Å². The number of carbonyl (C=O) groups is 1. The maximum atomic E-state index is 13.4. The number of rotatable bonds is 2. The van der Waals surface area contributed by atoms with E-state index in [-0.39, 0.29) is 0 Å². The third-order valence-electron chi connectivity index (χ3n) is 1.50. The van der Waals surface area contributed by atoms with E-state index in [9.17, 15) is 17.6 Å². The van der Waals surface area contributed by atoms with Crippen LogP contribution in [0.2, 0.25) is 5.02 Å². The lowest BCUT2D eigenvalue weighted by Gasteiger charge is -2.04. The van der Waals surface area contributed by atoms with Gasteiger partial charge in [0.15, 0.2) is 5.82 Å². The second kappa shape index (κ2) is 4.25. The minimum Gasteiger partial charge on any atom is -0.275 e. The van der Waals surface area contributed by atoms with Crippen LogP contribution in [0.4, 0.5) is 4.39 Å². The van der Waals surface area contributed by atoms with Crippen molar-refractivity contribution in [3.63, 3.8) is 0 Å². The fourth-order valence-corrected chi connectivity index (χ4v) is 2.70. The van der Waals surface area contributed by atoms with Crippen LogP contribution in [0.15, 0.2) is 17.0 Å². The van der Waals surface area contributed by atoms with E-state index in [1.54, 1.807) is 0 Å². The minimum absolute atomic E-state index is 0.413. The van der Waals surface area contributed by atoms with E-state index < -0.39 is 35.6 Å². The second-order valence-electron chi connectivity index (χ2n) is 2.45. The maximum Gasteiger partial charge on any atom is 0.265 e. The molecule has 0 spiro atoms. The van der Waals surface area contributed by atoms with Gasteiger partial charge in [0.05, 0.1) is 10.6 Å². The standard InChI is InChI=1S/C7H2Cl3FO3S/c8-4-2-1-3(7(9)12)5(11)6(4)15(10,13)14/h1-2H. The number of benzene rings is 1. The summed E-state index contributed by atoms with van der Waals surface area (Å²) in [7, 11) is 0.573. The molecule has 0 saturated carbocycles. The lowest BCUT2D eigenvalue weighted by atomic mass is 10.2. The molecule has 0 aliphatic heterocycles. The second-order valence-corrected chi connectivity index (χ2v) is 5.70. The van der Waals surface area contributed by atoms with E-state index in [1.165, 1.54) is 0 Å². The van der Waals surface area contributed by atoms with E-state index in [0.29, 0.717) is 0 Å². The molecular formula is C7H2Cl3FO3S. The fourth-order valence-electron chi connectivity index (χ4n) is 0.908. The Kier molecular flexibility index (Phi) is 3.60. The predicted molar refractivity (Wildman–Crippen MR) is 54.6 cm³/mol. The molecular weight excluding hydrogens is 289 g/mol. The average molecular weight is 292 g/mol. The molecule has 0 unspecified atom stereocenters. The molecule has 3 nitrogen and oxygen atoms in total. The molecule has 82 valence electrons. The first-order valence-corrected chi connectivity index (χ1v) is 6.44. The van der Waals surface area contributed by atoms with E-state index in [2.05, 4.69) is 0 Å². The molecule has 0 saturated heterocycles. The Balaban J connectivity index is 3.66. The Morgan fingerprint density at radius 1 is 1.33 bits per heavy atom. The highest BCUT2D eigenvalue weighted by atomic mass is 35.7. The summed E-state index contributed by atoms with van der Waals surface area (Å²) in [6.45, 7) is 0. The first-order chi connectivity index (χ1) is 6.75. The Hall–Kier alpha value is -0.360. The zero-order valence-electron chi connectivity index (χ0n) is 6.80. The molecule has 0 aliphatic rings. The molecule has 0 fully saturated rings. The number of hydrogen-bond donors (Lipinski definition) is 0. The van der Waals surface area contributed by atoms with Gasteiger partial charge < -0.3 is 0 Å². The average Bonchev–Trinajstić information content (AvgIpc) is 2.00. The van der Waals surface area contributed by atoms with Gasteiger partial charge in [-0.3, -0.25) is 4.79 Å². The Morgan fingerprint density at radius 3 is 2.27 bits per heavy atom. The third-order valence-corrected chi connectivity index (χ3v) is 3.48. The van der Waals surface area contributed by atoms with Crippen molar-refractivity contribution in [1.29, 1.82) is 0 Å². The van der Waals surface area contributed by atoms with Gasteiger partial charge in [0.25, 0.3) is 14.3 Å². The lowest BCUT2D eigenvalue weighted by molar-refractivity contribution is 0.107. The topological polar surface area (TPSA) is 51.2 Å². The summed E-state index contributed by atoms with van der Waals surface area (Å²) in [4.78, 5) is 9.75. The number of hydrogen-bond acceptors (Lipinski definition) is 3. The summed E-state index contributed by atoms with van der Waals surface area (Å²) in [6.07, 6.45) is 0. The summed E-state index contributed by atoms with van der Waals surface area (Å²) >= 11 is 10.5. The van der Waals surface area contributed by atoms with Gasteiger partial charge in [-0.25, -0.2) is 12.8 Å². The van der Waals surface area contributed by atoms with Crippen molar-refractivity contribution >= 4 is 48.2 Å². The van der Waals surface area contributed by atoms with Gasteiger partial charge in [0, 0.05) is 10.7 Å². The normalized spacial score (nSPS) is 11.5.